The summed E-state index contributed by atoms with van der Waals surface area (Å²) >= 11 is 0. The molecule has 78 valence electrons. The molecule has 0 saturated heterocycles. The Morgan fingerprint density at radius 2 is 1.73 bits per heavy atom. The standard InChI is InChI=1S/C13H15OP/c14-13-4-2-1-3-11(13)9-10-5-7-12(15)8-6-10/h5-9H,1-4,15H2/b11-9+. The molecular formula is C13H15OP. The van der Waals surface area contributed by atoms with Crippen LogP contribution in [0.2, 0.25) is 0 Å². The molecule has 1 aliphatic rings. The van der Waals surface area contributed by atoms with Crippen LogP contribution < -0.4 is 5.30 Å². The third-order valence-electron chi connectivity index (χ3n) is 2.74. The first-order valence-corrected chi connectivity index (χ1v) is 5.93. The molecule has 2 heteroatoms. The smallest absolute Gasteiger partial charge is 0.158 e. The molecule has 1 aromatic rings. The van der Waals surface area contributed by atoms with Crippen molar-refractivity contribution in [3.05, 3.63) is 35.4 Å². The molecule has 0 radical (unpaired) electrons. The van der Waals surface area contributed by atoms with E-state index >= 15 is 0 Å². The van der Waals surface area contributed by atoms with Crippen molar-refractivity contribution in [3.8, 4) is 0 Å². The molecular weight excluding hydrogens is 203 g/mol. The van der Waals surface area contributed by atoms with E-state index in [1.807, 2.05) is 18.2 Å². The van der Waals surface area contributed by atoms with Gasteiger partial charge < -0.3 is 0 Å². The van der Waals surface area contributed by atoms with Gasteiger partial charge in [0.15, 0.2) is 5.78 Å². The predicted molar refractivity (Wildman–Crippen MR) is 67.2 cm³/mol. The van der Waals surface area contributed by atoms with E-state index in [1.54, 1.807) is 0 Å². The first-order chi connectivity index (χ1) is 7.25. The van der Waals surface area contributed by atoms with E-state index in [4.69, 9.17) is 0 Å². The zero-order chi connectivity index (χ0) is 10.7. The SMILES string of the molecule is O=C1CCCC/C1=C\c1ccc(P)cc1. The van der Waals surface area contributed by atoms with E-state index in [0.717, 1.165) is 36.8 Å². The normalized spacial score (nSPS) is 19.5. The topological polar surface area (TPSA) is 17.1 Å². The number of Topliss-reactive ketones (excluding diaryl/α,β-unsaturated/α-hetero) is 1. The second-order valence-corrected chi connectivity index (χ2v) is 4.63. The zero-order valence-electron chi connectivity index (χ0n) is 8.70. The lowest BCUT2D eigenvalue weighted by Crippen LogP contribution is -2.07. The van der Waals surface area contributed by atoms with E-state index < -0.39 is 0 Å². The number of hydrogen-bond donors (Lipinski definition) is 0. The van der Waals surface area contributed by atoms with Crippen molar-refractivity contribution >= 4 is 26.4 Å². The minimum absolute atomic E-state index is 0.330. The van der Waals surface area contributed by atoms with Crippen molar-refractivity contribution in [2.45, 2.75) is 25.7 Å². The summed E-state index contributed by atoms with van der Waals surface area (Å²) in [6, 6.07) is 8.20. The summed E-state index contributed by atoms with van der Waals surface area (Å²) in [7, 11) is 2.66. The number of hydrogen-bond acceptors (Lipinski definition) is 1. The van der Waals surface area contributed by atoms with Crippen molar-refractivity contribution in [2.75, 3.05) is 0 Å². The second-order valence-electron chi connectivity index (χ2n) is 3.97. The fraction of sp³-hybridized carbons (Fsp3) is 0.308. The van der Waals surface area contributed by atoms with E-state index in [1.165, 1.54) is 5.30 Å². The summed E-state index contributed by atoms with van der Waals surface area (Å²) < 4.78 is 0. The van der Waals surface area contributed by atoms with Crippen molar-refractivity contribution in [1.82, 2.24) is 0 Å². The van der Waals surface area contributed by atoms with Crippen molar-refractivity contribution in [2.24, 2.45) is 0 Å². The van der Waals surface area contributed by atoms with Gasteiger partial charge in [-0.3, -0.25) is 4.79 Å². The monoisotopic (exact) mass is 218 g/mol. The van der Waals surface area contributed by atoms with E-state index in [9.17, 15) is 4.79 Å². The average molecular weight is 218 g/mol. The van der Waals surface area contributed by atoms with Crippen LogP contribution in [0.15, 0.2) is 29.8 Å². The number of rotatable bonds is 1. The summed E-state index contributed by atoms with van der Waals surface area (Å²) in [5.41, 5.74) is 2.13. The fourth-order valence-corrected chi connectivity index (χ4v) is 2.04. The van der Waals surface area contributed by atoms with Gasteiger partial charge in [-0.25, -0.2) is 0 Å². The van der Waals surface area contributed by atoms with Crippen LogP contribution in [-0.2, 0) is 4.79 Å². The third kappa shape index (κ3) is 2.76. The minimum Gasteiger partial charge on any atom is -0.295 e. The summed E-state index contributed by atoms with van der Waals surface area (Å²) in [6.07, 6.45) is 5.92. The lowest BCUT2D eigenvalue weighted by atomic mass is 9.92. The minimum atomic E-state index is 0.330. The summed E-state index contributed by atoms with van der Waals surface area (Å²) in [5.74, 6) is 0.330. The summed E-state index contributed by atoms with van der Waals surface area (Å²) in [4.78, 5) is 11.6. The van der Waals surface area contributed by atoms with Gasteiger partial charge in [0.1, 0.15) is 0 Å². The van der Waals surface area contributed by atoms with E-state index in [-0.39, 0.29) is 0 Å². The third-order valence-corrected chi connectivity index (χ3v) is 3.12. The molecule has 1 aliphatic carbocycles. The quantitative estimate of drug-likeness (QED) is 0.523. The molecule has 0 aromatic heterocycles. The number of allylic oxidation sites excluding steroid dienone is 1. The Kier molecular flexibility index (Phi) is 3.33. The number of carbonyl (C=O) groups excluding carboxylic acids is 1. The Hall–Kier alpha value is -0.940. The fourth-order valence-electron chi connectivity index (χ4n) is 1.85. The highest BCUT2D eigenvalue weighted by Crippen LogP contribution is 2.21. The van der Waals surface area contributed by atoms with Crippen LogP contribution in [0.3, 0.4) is 0 Å². The van der Waals surface area contributed by atoms with Crippen molar-refractivity contribution in [3.63, 3.8) is 0 Å². The van der Waals surface area contributed by atoms with Crippen LogP contribution in [-0.4, -0.2) is 5.78 Å². The van der Waals surface area contributed by atoms with Gasteiger partial charge in [0, 0.05) is 6.42 Å². The zero-order valence-corrected chi connectivity index (χ0v) is 9.86. The van der Waals surface area contributed by atoms with Crippen LogP contribution >= 0.6 is 9.24 Å². The highest BCUT2D eigenvalue weighted by molar-refractivity contribution is 7.27. The van der Waals surface area contributed by atoms with Crippen molar-refractivity contribution < 1.29 is 4.79 Å². The molecule has 1 atom stereocenters. The number of benzene rings is 1. The molecule has 15 heavy (non-hydrogen) atoms. The van der Waals surface area contributed by atoms with Crippen molar-refractivity contribution in [1.29, 1.82) is 0 Å². The van der Waals surface area contributed by atoms with Gasteiger partial charge in [-0.1, -0.05) is 24.3 Å². The van der Waals surface area contributed by atoms with Crippen LogP contribution in [0.5, 0.6) is 0 Å². The van der Waals surface area contributed by atoms with Crippen LogP contribution in [0.1, 0.15) is 31.2 Å². The molecule has 1 unspecified atom stereocenters. The van der Waals surface area contributed by atoms with Gasteiger partial charge in [0.05, 0.1) is 0 Å². The maximum Gasteiger partial charge on any atom is 0.158 e. The van der Waals surface area contributed by atoms with Crippen LogP contribution in [0, 0.1) is 0 Å². The molecule has 2 rings (SSSR count). The molecule has 0 spiro atoms. The molecule has 1 saturated carbocycles. The number of carbonyl (C=O) groups is 1. The molecule has 0 aliphatic heterocycles. The predicted octanol–water partition coefficient (Wildman–Crippen LogP) is 2.71. The van der Waals surface area contributed by atoms with Gasteiger partial charge in [-0.05, 0) is 41.8 Å². The maximum absolute atomic E-state index is 11.6. The van der Waals surface area contributed by atoms with Gasteiger partial charge in [-0.2, -0.15) is 0 Å². The molecule has 1 nitrogen and oxygen atoms in total. The van der Waals surface area contributed by atoms with E-state index in [2.05, 4.69) is 21.4 Å². The molecule has 0 N–H and O–H groups in total. The highest BCUT2D eigenvalue weighted by Gasteiger charge is 2.14. The average Bonchev–Trinajstić information content (AvgIpc) is 2.25. The largest absolute Gasteiger partial charge is 0.295 e. The summed E-state index contributed by atoms with van der Waals surface area (Å²) in [5, 5.41) is 1.17. The van der Waals surface area contributed by atoms with Gasteiger partial charge in [0.2, 0.25) is 0 Å². The first kappa shape index (κ1) is 10.6. The Labute approximate surface area is 92.8 Å². The molecule has 0 bridgehead atoms. The molecule has 0 heterocycles. The lowest BCUT2D eigenvalue weighted by Gasteiger charge is -2.12. The van der Waals surface area contributed by atoms with Gasteiger partial charge in [0.25, 0.3) is 0 Å². The second kappa shape index (κ2) is 4.72. The first-order valence-electron chi connectivity index (χ1n) is 5.35. The molecule has 1 aromatic carbocycles. The van der Waals surface area contributed by atoms with Crippen LogP contribution in [0.4, 0.5) is 0 Å². The van der Waals surface area contributed by atoms with Gasteiger partial charge in [-0.15, -0.1) is 9.24 Å². The Bertz CT molecular complexity index is 390. The van der Waals surface area contributed by atoms with Crippen LogP contribution in [0.25, 0.3) is 6.08 Å². The Morgan fingerprint density at radius 3 is 2.40 bits per heavy atom. The van der Waals surface area contributed by atoms with E-state index in [0.29, 0.717) is 5.78 Å². The molecule has 1 fully saturated rings. The Balaban J connectivity index is 2.21. The summed E-state index contributed by atoms with van der Waals surface area (Å²) in [6.45, 7) is 0. The molecule has 0 amide bonds. The number of ketones is 1. The van der Waals surface area contributed by atoms with Gasteiger partial charge >= 0.3 is 0 Å². The highest BCUT2D eigenvalue weighted by atomic mass is 31.0. The Morgan fingerprint density at radius 1 is 1.07 bits per heavy atom. The maximum atomic E-state index is 11.6. The lowest BCUT2D eigenvalue weighted by molar-refractivity contribution is -0.116.